The van der Waals surface area contributed by atoms with Gasteiger partial charge in [-0.1, -0.05) is 6.07 Å². The molecular formula is C16H20FNOS. The Bertz CT molecular complexity index is 554. The summed E-state index contributed by atoms with van der Waals surface area (Å²) in [6.45, 7) is 3.80. The topological polar surface area (TPSA) is 23.5 Å². The molecule has 1 N–H and O–H groups in total. The molecule has 4 heteroatoms. The van der Waals surface area contributed by atoms with Crippen molar-refractivity contribution >= 4 is 17.0 Å². The highest BCUT2D eigenvalue weighted by Crippen LogP contribution is 2.28. The van der Waals surface area contributed by atoms with Gasteiger partial charge >= 0.3 is 0 Å². The van der Waals surface area contributed by atoms with Crippen LogP contribution in [0.1, 0.15) is 30.4 Å². The van der Waals surface area contributed by atoms with E-state index in [1.165, 1.54) is 17.0 Å². The van der Waals surface area contributed by atoms with E-state index in [1.807, 2.05) is 13.1 Å². The number of aliphatic hydroxyl groups is 1. The zero-order valence-corrected chi connectivity index (χ0v) is 12.8. The Balaban J connectivity index is 2.21. The second-order valence-electron chi connectivity index (χ2n) is 5.12. The third-order valence-electron chi connectivity index (χ3n) is 3.56. The number of hydrogen-bond acceptors (Lipinski definition) is 3. The number of benzene rings is 1. The minimum Gasteiger partial charge on any atom is -0.389 e. The van der Waals surface area contributed by atoms with Crippen LogP contribution in [0, 0.1) is 5.82 Å². The maximum Gasteiger partial charge on any atom is 0.123 e. The third-order valence-corrected chi connectivity index (χ3v) is 4.46. The van der Waals surface area contributed by atoms with Gasteiger partial charge in [0.1, 0.15) is 5.82 Å². The molecule has 2 rings (SSSR count). The van der Waals surface area contributed by atoms with Crippen LogP contribution in [0.5, 0.6) is 0 Å². The summed E-state index contributed by atoms with van der Waals surface area (Å²) in [4.78, 5) is 3.42. The van der Waals surface area contributed by atoms with E-state index in [2.05, 4.69) is 23.3 Å². The molecule has 0 saturated carbocycles. The van der Waals surface area contributed by atoms with Crippen LogP contribution >= 0.6 is 11.3 Å². The predicted molar refractivity (Wildman–Crippen MR) is 82.9 cm³/mol. The van der Waals surface area contributed by atoms with Crippen molar-refractivity contribution in [3.63, 3.8) is 0 Å². The van der Waals surface area contributed by atoms with Crippen molar-refractivity contribution in [1.29, 1.82) is 0 Å². The first-order valence-electron chi connectivity index (χ1n) is 6.71. The molecule has 2 aromatic rings. The van der Waals surface area contributed by atoms with Gasteiger partial charge in [-0.15, -0.1) is 11.3 Å². The molecule has 0 spiro atoms. The quantitative estimate of drug-likeness (QED) is 0.900. The summed E-state index contributed by atoms with van der Waals surface area (Å²) in [7, 11) is 1.98. The Kier molecular flexibility index (Phi) is 4.78. The Labute approximate surface area is 123 Å². The second-order valence-corrected chi connectivity index (χ2v) is 6.15. The van der Waals surface area contributed by atoms with Crippen molar-refractivity contribution in [1.82, 2.24) is 0 Å². The molecule has 20 heavy (non-hydrogen) atoms. The number of anilines is 1. The van der Waals surface area contributed by atoms with Gasteiger partial charge in [0.05, 0.1) is 6.10 Å². The molecule has 1 unspecified atom stereocenters. The lowest BCUT2D eigenvalue weighted by Gasteiger charge is -2.29. The molecule has 0 aliphatic carbocycles. The van der Waals surface area contributed by atoms with Crippen molar-refractivity contribution in [3.8, 4) is 0 Å². The molecule has 0 amide bonds. The van der Waals surface area contributed by atoms with Crippen LogP contribution in [-0.4, -0.2) is 18.2 Å². The Morgan fingerprint density at radius 1 is 1.30 bits per heavy atom. The van der Waals surface area contributed by atoms with Gasteiger partial charge in [-0.05, 0) is 43.5 Å². The molecule has 2 atom stereocenters. The fourth-order valence-electron chi connectivity index (χ4n) is 2.28. The largest absolute Gasteiger partial charge is 0.389 e. The second kappa shape index (κ2) is 6.37. The van der Waals surface area contributed by atoms with Gasteiger partial charge < -0.3 is 10.0 Å². The number of hydrogen-bond donors (Lipinski definition) is 1. The summed E-state index contributed by atoms with van der Waals surface area (Å²) in [5.74, 6) is -0.316. The standard InChI is InChI=1S/C16H20FNOS/c1-11(9-14-5-4-8-20-14)18(3)16-7-6-13(17)10-15(16)12(2)19/h4-8,10-12,19H,9H2,1-3H3/t11?,12-/m0/s1. The molecule has 0 aliphatic rings. The van der Waals surface area contributed by atoms with E-state index in [0.717, 1.165) is 12.1 Å². The molecular weight excluding hydrogens is 273 g/mol. The van der Waals surface area contributed by atoms with E-state index in [0.29, 0.717) is 5.56 Å². The zero-order valence-electron chi connectivity index (χ0n) is 12.0. The highest BCUT2D eigenvalue weighted by atomic mass is 32.1. The summed E-state index contributed by atoms with van der Waals surface area (Å²) in [6.07, 6.45) is 0.252. The number of rotatable bonds is 5. The van der Waals surface area contributed by atoms with Crippen LogP contribution in [0.3, 0.4) is 0 Å². The molecule has 0 radical (unpaired) electrons. The molecule has 1 aromatic carbocycles. The Hall–Kier alpha value is -1.39. The molecule has 0 fully saturated rings. The van der Waals surface area contributed by atoms with Crippen molar-refractivity contribution < 1.29 is 9.50 Å². The lowest BCUT2D eigenvalue weighted by Crippen LogP contribution is -2.31. The van der Waals surface area contributed by atoms with Gasteiger partial charge in [0.25, 0.3) is 0 Å². The van der Waals surface area contributed by atoms with Crippen LogP contribution in [0.4, 0.5) is 10.1 Å². The highest BCUT2D eigenvalue weighted by Gasteiger charge is 2.17. The fraction of sp³-hybridized carbons (Fsp3) is 0.375. The van der Waals surface area contributed by atoms with Crippen LogP contribution in [0.15, 0.2) is 35.7 Å². The van der Waals surface area contributed by atoms with Crippen LogP contribution in [0.2, 0.25) is 0 Å². The summed E-state index contributed by atoms with van der Waals surface area (Å²) < 4.78 is 13.3. The smallest absolute Gasteiger partial charge is 0.123 e. The lowest BCUT2D eigenvalue weighted by atomic mass is 10.0. The first-order chi connectivity index (χ1) is 9.49. The van der Waals surface area contributed by atoms with E-state index in [4.69, 9.17) is 0 Å². The van der Waals surface area contributed by atoms with Crippen molar-refractivity contribution in [3.05, 3.63) is 52.0 Å². The maximum absolute atomic E-state index is 13.3. The van der Waals surface area contributed by atoms with E-state index >= 15 is 0 Å². The molecule has 1 aromatic heterocycles. The first-order valence-corrected chi connectivity index (χ1v) is 7.59. The SMILES string of the molecule is CC(Cc1cccs1)N(C)c1ccc(F)cc1[C@H](C)O. The summed E-state index contributed by atoms with van der Waals surface area (Å²) >= 11 is 1.74. The maximum atomic E-state index is 13.3. The molecule has 1 heterocycles. The van der Waals surface area contributed by atoms with Crippen molar-refractivity contribution in [2.45, 2.75) is 32.4 Å². The monoisotopic (exact) mass is 293 g/mol. The number of halogens is 1. The Morgan fingerprint density at radius 2 is 2.05 bits per heavy atom. The third kappa shape index (κ3) is 3.38. The molecule has 0 aliphatic heterocycles. The van der Waals surface area contributed by atoms with E-state index in [1.54, 1.807) is 24.3 Å². The van der Waals surface area contributed by atoms with Crippen molar-refractivity contribution in [2.24, 2.45) is 0 Å². The van der Waals surface area contributed by atoms with E-state index < -0.39 is 6.10 Å². The molecule has 2 nitrogen and oxygen atoms in total. The van der Waals surface area contributed by atoms with Gasteiger partial charge in [0.2, 0.25) is 0 Å². The van der Waals surface area contributed by atoms with Crippen molar-refractivity contribution in [2.75, 3.05) is 11.9 Å². The number of likely N-dealkylation sites (N-methyl/N-ethyl adjacent to an activating group) is 1. The predicted octanol–water partition coefficient (Wildman–Crippen LogP) is 4.01. The van der Waals surface area contributed by atoms with Crippen LogP contribution in [0.25, 0.3) is 0 Å². The lowest BCUT2D eigenvalue weighted by molar-refractivity contribution is 0.199. The average Bonchev–Trinajstić information content (AvgIpc) is 2.90. The fourth-order valence-corrected chi connectivity index (χ4v) is 3.10. The van der Waals surface area contributed by atoms with Gasteiger partial charge in [0.15, 0.2) is 0 Å². The van der Waals surface area contributed by atoms with Gasteiger partial charge in [-0.2, -0.15) is 0 Å². The molecule has 0 saturated heterocycles. The van der Waals surface area contributed by atoms with Gasteiger partial charge in [-0.3, -0.25) is 0 Å². The van der Waals surface area contributed by atoms with Crippen LogP contribution < -0.4 is 4.90 Å². The Morgan fingerprint density at radius 3 is 2.65 bits per heavy atom. The molecule has 108 valence electrons. The normalized spacial score (nSPS) is 14.1. The summed E-state index contributed by atoms with van der Waals surface area (Å²) in [5, 5.41) is 11.9. The summed E-state index contributed by atoms with van der Waals surface area (Å²) in [5.41, 5.74) is 1.51. The summed E-state index contributed by atoms with van der Waals surface area (Å²) in [6, 6.07) is 9.03. The number of aliphatic hydroxyl groups excluding tert-OH is 1. The number of nitrogens with zero attached hydrogens (tertiary/aromatic N) is 1. The first kappa shape index (κ1) is 15.0. The van der Waals surface area contributed by atoms with Gasteiger partial charge in [0, 0.05) is 35.6 Å². The van der Waals surface area contributed by atoms with Crippen LogP contribution in [-0.2, 0) is 6.42 Å². The van der Waals surface area contributed by atoms with E-state index in [9.17, 15) is 9.50 Å². The van der Waals surface area contributed by atoms with E-state index in [-0.39, 0.29) is 11.9 Å². The molecule has 0 bridgehead atoms. The van der Waals surface area contributed by atoms with Gasteiger partial charge in [-0.25, -0.2) is 4.39 Å². The minimum absolute atomic E-state index is 0.275. The average molecular weight is 293 g/mol. The zero-order chi connectivity index (χ0) is 14.7. The highest BCUT2D eigenvalue weighted by molar-refractivity contribution is 7.09. The minimum atomic E-state index is -0.683. The number of thiophene rings is 1.